The highest BCUT2D eigenvalue weighted by Gasteiger charge is 2.19. The molecule has 63 heavy (non-hydrogen) atoms. The number of esters is 3. The largest absolute Gasteiger partial charge is 0.462 e. The number of rotatable bonds is 49. The average molecular weight is 883 g/mol. The highest BCUT2D eigenvalue weighted by molar-refractivity contribution is 5.71. The minimum Gasteiger partial charge on any atom is -0.462 e. The fourth-order valence-electron chi connectivity index (χ4n) is 7.75. The van der Waals surface area contributed by atoms with Crippen LogP contribution >= 0.6 is 0 Å². The zero-order chi connectivity index (χ0) is 45.8. The van der Waals surface area contributed by atoms with Crippen LogP contribution in [0.4, 0.5) is 0 Å². The molecular formula is C57H102O6. The van der Waals surface area contributed by atoms with Crippen molar-refractivity contribution in [3.63, 3.8) is 0 Å². The molecule has 0 saturated carbocycles. The van der Waals surface area contributed by atoms with E-state index < -0.39 is 6.10 Å². The molecule has 0 spiro atoms. The Hall–Kier alpha value is -2.63. The smallest absolute Gasteiger partial charge is 0.306 e. The van der Waals surface area contributed by atoms with Gasteiger partial charge in [0, 0.05) is 19.3 Å². The van der Waals surface area contributed by atoms with Gasteiger partial charge < -0.3 is 14.2 Å². The Kier molecular flexibility index (Phi) is 49.8. The Morgan fingerprint density at radius 2 is 0.619 bits per heavy atom. The van der Waals surface area contributed by atoms with E-state index >= 15 is 0 Å². The highest BCUT2D eigenvalue weighted by atomic mass is 16.6. The van der Waals surface area contributed by atoms with Crippen LogP contribution in [0, 0.1) is 0 Å². The van der Waals surface area contributed by atoms with Crippen molar-refractivity contribution in [2.24, 2.45) is 0 Å². The van der Waals surface area contributed by atoms with Crippen LogP contribution in [0.25, 0.3) is 0 Å². The first-order chi connectivity index (χ1) is 31.0. The lowest BCUT2D eigenvalue weighted by atomic mass is 10.0. The molecule has 0 unspecified atom stereocenters. The third-order valence-electron chi connectivity index (χ3n) is 11.8. The lowest BCUT2D eigenvalue weighted by molar-refractivity contribution is -0.167. The molecule has 0 aromatic heterocycles. The Bertz CT molecular complexity index is 1110. The summed E-state index contributed by atoms with van der Waals surface area (Å²) < 4.78 is 16.8. The topological polar surface area (TPSA) is 78.9 Å². The molecule has 0 amide bonds. The van der Waals surface area contributed by atoms with Crippen LogP contribution in [-0.4, -0.2) is 37.2 Å². The molecule has 0 aliphatic heterocycles. The summed E-state index contributed by atoms with van der Waals surface area (Å²) in [5.74, 6) is -0.889. The van der Waals surface area contributed by atoms with E-state index in [1.807, 2.05) is 0 Å². The maximum Gasteiger partial charge on any atom is 0.306 e. The molecule has 0 aliphatic carbocycles. The van der Waals surface area contributed by atoms with E-state index in [-0.39, 0.29) is 31.1 Å². The fourth-order valence-corrected chi connectivity index (χ4v) is 7.75. The number of hydrogen-bond donors (Lipinski definition) is 0. The van der Waals surface area contributed by atoms with Crippen LogP contribution in [-0.2, 0) is 28.6 Å². The molecule has 6 nitrogen and oxygen atoms in total. The second-order valence-electron chi connectivity index (χ2n) is 18.1. The van der Waals surface area contributed by atoms with Crippen LogP contribution in [0.1, 0.15) is 278 Å². The van der Waals surface area contributed by atoms with Crippen molar-refractivity contribution in [3.05, 3.63) is 48.6 Å². The van der Waals surface area contributed by atoms with Crippen molar-refractivity contribution in [2.45, 2.75) is 284 Å². The summed E-state index contributed by atoms with van der Waals surface area (Å²) in [6.07, 6.45) is 62.3. The number of allylic oxidation sites excluding steroid dienone is 8. The minimum atomic E-state index is -0.779. The standard InChI is InChI=1S/C57H102O6/c1-4-7-10-13-16-19-22-25-28-31-34-37-40-43-46-49-55(58)61-52-54(63-57(60)51-48-45-42-39-36-33-30-27-24-21-18-15-12-9-6-3)53-62-56(59)50-47-44-41-38-35-32-29-26-23-20-17-14-11-8-5-2/h7,10,16,19,21,24-25,28,54H,4-6,8-9,11-15,17-18,20,22-23,26-27,29-53H2,1-3H3/b10-7-,19-16-,24-21-,28-25-/t54-/m1/s1. The monoisotopic (exact) mass is 883 g/mol. The van der Waals surface area contributed by atoms with E-state index in [9.17, 15) is 14.4 Å². The summed E-state index contributed by atoms with van der Waals surface area (Å²) in [5, 5.41) is 0. The van der Waals surface area contributed by atoms with Crippen LogP contribution in [0.2, 0.25) is 0 Å². The van der Waals surface area contributed by atoms with Crippen molar-refractivity contribution in [3.8, 4) is 0 Å². The van der Waals surface area contributed by atoms with E-state index in [1.165, 1.54) is 141 Å². The Morgan fingerprint density at radius 3 is 1.00 bits per heavy atom. The van der Waals surface area contributed by atoms with Gasteiger partial charge in [-0.05, 0) is 77.0 Å². The number of carbonyl (C=O) groups excluding carboxylic acids is 3. The SMILES string of the molecule is CC/C=C\C/C=C\C/C=C\CCCCCCCC(=O)OC[C@H](COC(=O)CCCCCCCCCCCCCCCCC)OC(=O)CCCCCCCCC/C=C\CCCCCC. The molecule has 0 heterocycles. The number of hydrogen-bond acceptors (Lipinski definition) is 6. The summed E-state index contributed by atoms with van der Waals surface area (Å²) in [4.78, 5) is 38.0. The third kappa shape index (κ3) is 50.2. The van der Waals surface area contributed by atoms with Crippen molar-refractivity contribution in [1.82, 2.24) is 0 Å². The molecule has 0 radical (unpaired) electrons. The molecule has 0 fully saturated rings. The predicted molar refractivity (Wildman–Crippen MR) is 270 cm³/mol. The quantitative estimate of drug-likeness (QED) is 0.0262. The van der Waals surface area contributed by atoms with Crippen LogP contribution in [0.3, 0.4) is 0 Å². The van der Waals surface area contributed by atoms with Gasteiger partial charge in [-0.25, -0.2) is 0 Å². The van der Waals surface area contributed by atoms with Crippen molar-refractivity contribution in [1.29, 1.82) is 0 Å². The van der Waals surface area contributed by atoms with Gasteiger partial charge in [-0.1, -0.05) is 230 Å². The lowest BCUT2D eigenvalue weighted by Gasteiger charge is -2.18. The van der Waals surface area contributed by atoms with E-state index in [4.69, 9.17) is 14.2 Å². The molecule has 6 heteroatoms. The molecule has 0 saturated heterocycles. The van der Waals surface area contributed by atoms with Gasteiger partial charge in [0.05, 0.1) is 0 Å². The Balaban J connectivity index is 4.38. The van der Waals surface area contributed by atoms with Gasteiger partial charge in [-0.15, -0.1) is 0 Å². The van der Waals surface area contributed by atoms with Crippen LogP contribution in [0.15, 0.2) is 48.6 Å². The minimum absolute atomic E-state index is 0.0777. The van der Waals surface area contributed by atoms with Gasteiger partial charge in [-0.3, -0.25) is 14.4 Å². The average Bonchev–Trinajstić information content (AvgIpc) is 3.28. The van der Waals surface area contributed by atoms with E-state index in [0.29, 0.717) is 19.3 Å². The van der Waals surface area contributed by atoms with Gasteiger partial charge in [0.2, 0.25) is 0 Å². The summed E-state index contributed by atoms with van der Waals surface area (Å²) in [6.45, 7) is 6.52. The van der Waals surface area contributed by atoms with E-state index in [1.54, 1.807) is 0 Å². The lowest BCUT2D eigenvalue weighted by Crippen LogP contribution is -2.30. The Labute approximate surface area is 390 Å². The maximum atomic E-state index is 12.8. The Morgan fingerprint density at radius 1 is 0.333 bits per heavy atom. The van der Waals surface area contributed by atoms with Gasteiger partial charge in [0.1, 0.15) is 13.2 Å². The van der Waals surface area contributed by atoms with Gasteiger partial charge in [0.15, 0.2) is 6.10 Å². The second-order valence-corrected chi connectivity index (χ2v) is 18.1. The molecule has 0 aliphatic rings. The predicted octanol–water partition coefficient (Wildman–Crippen LogP) is 17.9. The molecule has 0 rings (SSSR count). The van der Waals surface area contributed by atoms with Crippen LogP contribution in [0.5, 0.6) is 0 Å². The summed E-state index contributed by atoms with van der Waals surface area (Å²) in [5.41, 5.74) is 0. The van der Waals surface area contributed by atoms with Gasteiger partial charge >= 0.3 is 17.9 Å². The zero-order valence-corrected chi connectivity index (χ0v) is 41.8. The van der Waals surface area contributed by atoms with Crippen LogP contribution < -0.4 is 0 Å². The number of ether oxygens (including phenoxy) is 3. The summed E-state index contributed by atoms with van der Waals surface area (Å²) in [6, 6.07) is 0. The third-order valence-corrected chi connectivity index (χ3v) is 11.8. The van der Waals surface area contributed by atoms with Crippen molar-refractivity contribution < 1.29 is 28.6 Å². The van der Waals surface area contributed by atoms with Gasteiger partial charge in [0.25, 0.3) is 0 Å². The first kappa shape index (κ1) is 60.4. The van der Waals surface area contributed by atoms with Gasteiger partial charge in [-0.2, -0.15) is 0 Å². The molecule has 0 aromatic rings. The number of unbranched alkanes of at least 4 members (excludes halogenated alkanes) is 30. The molecule has 1 atom stereocenters. The summed E-state index contributed by atoms with van der Waals surface area (Å²) in [7, 11) is 0. The zero-order valence-electron chi connectivity index (χ0n) is 41.8. The molecule has 0 aromatic carbocycles. The second kappa shape index (κ2) is 52.0. The normalized spacial score (nSPS) is 12.4. The molecular weight excluding hydrogens is 781 g/mol. The maximum absolute atomic E-state index is 12.8. The summed E-state index contributed by atoms with van der Waals surface area (Å²) >= 11 is 0. The first-order valence-electron chi connectivity index (χ1n) is 27.1. The molecule has 0 bridgehead atoms. The van der Waals surface area contributed by atoms with Crippen molar-refractivity contribution >= 4 is 17.9 Å². The molecule has 0 N–H and O–H groups in total. The molecule has 366 valence electrons. The van der Waals surface area contributed by atoms with E-state index in [2.05, 4.69) is 69.4 Å². The first-order valence-corrected chi connectivity index (χ1v) is 27.1. The highest BCUT2D eigenvalue weighted by Crippen LogP contribution is 2.16. The van der Waals surface area contributed by atoms with E-state index in [0.717, 1.165) is 96.3 Å². The van der Waals surface area contributed by atoms with Crippen molar-refractivity contribution in [2.75, 3.05) is 13.2 Å². The number of carbonyl (C=O) groups is 3. The fraction of sp³-hybridized carbons (Fsp3) is 0.807.